The fourth-order valence-electron chi connectivity index (χ4n) is 2.49. The largest absolute Gasteiger partial charge is 0.347 e. The molecule has 122 valence electrons. The molecule has 1 unspecified atom stereocenters. The molecule has 1 atom stereocenters. The predicted molar refractivity (Wildman–Crippen MR) is 96.7 cm³/mol. The van der Waals surface area contributed by atoms with Crippen LogP contribution in [0.2, 0.25) is 0 Å². The van der Waals surface area contributed by atoms with Crippen LogP contribution in [0, 0.1) is 6.92 Å². The highest BCUT2D eigenvalue weighted by atomic mass is 32.2. The molecule has 0 saturated heterocycles. The van der Waals surface area contributed by atoms with Crippen molar-refractivity contribution in [1.82, 2.24) is 5.32 Å². The van der Waals surface area contributed by atoms with Crippen LogP contribution in [0.4, 0.5) is 0 Å². The molecular weight excluding hydrogens is 304 g/mol. The molecule has 0 saturated carbocycles. The van der Waals surface area contributed by atoms with E-state index in [1.807, 2.05) is 12.1 Å². The second-order valence-corrected chi connectivity index (χ2v) is 6.74. The minimum Gasteiger partial charge on any atom is -0.347 e. The highest BCUT2D eigenvalue weighted by Crippen LogP contribution is 2.14. The summed E-state index contributed by atoms with van der Waals surface area (Å²) in [6, 6.07) is 16.7. The number of rotatable bonds is 7. The fraction of sp³-hybridized carbons (Fsp3) is 0.316. The summed E-state index contributed by atoms with van der Waals surface area (Å²) in [7, 11) is 2.05. The number of nitrogens with one attached hydrogen (secondary N) is 2. The third-order valence-electron chi connectivity index (χ3n) is 3.86. The Kier molecular flexibility index (Phi) is 6.68. The van der Waals surface area contributed by atoms with E-state index >= 15 is 0 Å². The zero-order valence-electron chi connectivity index (χ0n) is 14.1. The van der Waals surface area contributed by atoms with Crippen molar-refractivity contribution in [2.24, 2.45) is 0 Å². The van der Waals surface area contributed by atoms with E-state index in [9.17, 15) is 4.79 Å². The number of quaternary nitrogens is 1. The first-order valence-corrected chi connectivity index (χ1v) is 9.06. The summed E-state index contributed by atoms with van der Waals surface area (Å²) < 4.78 is 0. The molecule has 0 heterocycles. The number of carbonyl (C=O) groups excluding carboxylic acids is 1. The van der Waals surface area contributed by atoms with Gasteiger partial charge in [0.15, 0.2) is 6.54 Å². The lowest BCUT2D eigenvalue weighted by Crippen LogP contribution is -3.08. The van der Waals surface area contributed by atoms with Crippen LogP contribution < -0.4 is 10.2 Å². The smallest absolute Gasteiger partial charge is 0.275 e. The van der Waals surface area contributed by atoms with Crippen molar-refractivity contribution in [2.75, 3.05) is 19.8 Å². The summed E-state index contributed by atoms with van der Waals surface area (Å²) in [6.45, 7) is 4.00. The van der Waals surface area contributed by atoms with Gasteiger partial charge in [-0.1, -0.05) is 36.4 Å². The summed E-state index contributed by atoms with van der Waals surface area (Å²) in [6.07, 6.45) is 2.07. The van der Waals surface area contributed by atoms with E-state index in [4.69, 9.17) is 0 Å². The van der Waals surface area contributed by atoms with E-state index in [1.165, 1.54) is 26.5 Å². The first kappa shape index (κ1) is 17.6. The van der Waals surface area contributed by atoms with E-state index in [0.29, 0.717) is 13.1 Å². The summed E-state index contributed by atoms with van der Waals surface area (Å²) >= 11 is 1.74. The molecule has 0 radical (unpaired) electrons. The van der Waals surface area contributed by atoms with Gasteiger partial charge in [0.2, 0.25) is 0 Å². The van der Waals surface area contributed by atoms with Crippen LogP contribution in [-0.4, -0.2) is 25.8 Å². The van der Waals surface area contributed by atoms with Crippen LogP contribution in [0.25, 0.3) is 0 Å². The first-order valence-electron chi connectivity index (χ1n) is 7.84. The number of amides is 1. The lowest BCUT2D eigenvalue weighted by atomic mass is 10.1. The third kappa shape index (κ3) is 5.73. The maximum atomic E-state index is 12.1. The molecule has 0 aliphatic rings. The third-order valence-corrected chi connectivity index (χ3v) is 4.61. The minimum atomic E-state index is 0.0893. The van der Waals surface area contributed by atoms with E-state index in [0.717, 1.165) is 6.54 Å². The van der Waals surface area contributed by atoms with Crippen LogP contribution in [0.3, 0.4) is 0 Å². The molecule has 2 aromatic rings. The van der Waals surface area contributed by atoms with E-state index < -0.39 is 0 Å². The van der Waals surface area contributed by atoms with Gasteiger partial charge >= 0.3 is 0 Å². The molecule has 2 rings (SSSR count). The monoisotopic (exact) mass is 329 g/mol. The number of likely N-dealkylation sites (N-methyl/N-ethyl adjacent to an activating group) is 1. The number of aryl methyl sites for hydroxylation is 1. The van der Waals surface area contributed by atoms with E-state index in [2.05, 4.69) is 61.9 Å². The van der Waals surface area contributed by atoms with Gasteiger partial charge < -0.3 is 10.2 Å². The lowest BCUT2D eigenvalue weighted by molar-refractivity contribution is -0.885. The second kappa shape index (κ2) is 8.75. The number of hydrogen-bond donors (Lipinski definition) is 2. The Morgan fingerprint density at radius 3 is 2.48 bits per heavy atom. The molecule has 2 N–H and O–H groups in total. The van der Waals surface area contributed by atoms with Crippen molar-refractivity contribution < 1.29 is 9.69 Å². The fourth-order valence-corrected chi connectivity index (χ4v) is 2.90. The van der Waals surface area contributed by atoms with Crippen LogP contribution in [-0.2, 0) is 17.9 Å². The van der Waals surface area contributed by atoms with Crippen molar-refractivity contribution in [3.8, 4) is 0 Å². The molecule has 3 nitrogen and oxygen atoms in total. The lowest BCUT2D eigenvalue weighted by Gasteiger charge is -2.14. The van der Waals surface area contributed by atoms with Gasteiger partial charge in [-0.15, -0.1) is 11.8 Å². The van der Waals surface area contributed by atoms with Crippen LogP contribution in [0.15, 0.2) is 53.4 Å². The second-order valence-electron chi connectivity index (χ2n) is 5.86. The van der Waals surface area contributed by atoms with E-state index in [1.54, 1.807) is 11.8 Å². The van der Waals surface area contributed by atoms with Crippen LogP contribution in [0.1, 0.15) is 16.7 Å². The Morgan fingerprint density at radius 1 is 1.13 bits per heavy atom. The normalized spacial score (nSPS) is 12.0. The molecule has 23 heavy (non-hydrogen) atoms. The first-order chi connectivity index (χ1) is 11.1. The molecule has 0 bridgehead atoms. The molecule has 0 fully saturated rings. The summed E-state index contributed by atoms with van der Waals surface area (Å²) in [5.74, 6) is 0.0893. The Hall–Kier alpha value is -1.78. The molecule has 0 aliphatic carbocycles. The summed E-state index contributed by atoms with van der Waals surface area (Å²) in [4.78, 5) is 14.5. The van der Waals surface area contributed by atoms with Crippen molar-refractivity contribution >= 4 is 17.7 Å². The average Bonchev–Trinajstić information content (AvgIpc) is 2.54. The molecule has 0 spiro atoms. The SMILES string of the molecule is CSc1ccc(C[NH+](C)CC(=O)NCc2ccccc2C)cc1. The maximum absolute atomic E-state index is 12.1. The molecule has 2 aromatic carbocycles. The molecule has 1 amide bonds. The molecule has 4 heteroatoms. The van der Waals surface area contributed by atoms with Crippen molar-refractivity contribution in [3.05, 3.63) is 65.2 Å². The zero-order valence-corrected chi connectivity index (χ0v) is 14.9. The van der Waals surface area contributed by atoms with Crippen LogP contribution >= 0.6 is 11.8 Å². The van der Waals surface area contributed by atoms with Gasteiger partial charge in [0.25, 0.3) is 5.91 Å². The van der Waals surface area contributed by atoms with Gasteiger partial charge in [-0.3, -0.25) is 4.79 Å². The highest BCUT2D eigenvalue weighted by Gasteiger charge is 2.10. The Bertz CT molecular complexity index is 640. The van der Waals surface area contributed by atoms with Gasteiger partial charge in [0.05, 0.1) is 7.05 Å². The minimum absolute atomic E-state index is 0.0893. The standard InChI is InChI=1S/C19H24N2OS/c1-15-6-4-5-7-17(15)12-20-19(22)14-21(2)13-16-8-10-18(23-3)11-9-16/h4-11H,12-14H2,1-3H3,(H,20,22)/p+1. The number of hydrogen-bond acceptors (Lipinski definition) is 2. The molecule has 0 aromatic heterocycles. The van der Waals surface area contributed by atoms with Gasteiger partial charge in [0, 0.05) is 17.0 Å². The number of thioether (sulfide) groups is 1. The van der Waals surface area contributed by atoms with Crippen molar-refractivity contribution in [3.63, 3.8) is 0 Å². The van der Waals surface area contributed by atoms with Crippen molar-refractivity contribution in [1.29, 1.82) is 0 Å². The van der Waals surface area contributed by atoms with Crippen molar-refractivity contribution in [2.45, 2.75) is 24.9 Å². The maximum Gasteiger partial charge on any atom is 0.275 e. The number of carbonyl (C=O) groups is 1. The summed E-state index contributed by atoms with van der Waals surface area (Å²) in [5.41, 5.74) is 3.64. The molecule has 0 aliphatic heterocycles. The summed E-state index contributed by atoms with van der Waals surface area (Å²) in [5, 5.41) is 3.01. The topological polar surface area (TPSA) is 33.5 Å². The Morgan fingerprint density at radius 2 is 1.83 bits per heavy atom. The van der Waals surface area contributed by atoms with Gasteiger partial charge in [-0.05, 0) is 36.4 Å². The Labute approximate surface area is 143 Å². The van der Waals surface area contributed by atoms with Gasteiger partial charge in [0.1, 0.15) is 6.54 Å². The van der Waals surface area contributed by atoms with Crippen LogP contribution in [0.5, 0.6) is 0 Å². The highest BCUT2D eigenvalue weighted by molar-refractivity contribution is 7.98. The quantitative estimate of drug-likeness (QED) is 0.762. The van der Waals surface area contributed by atoms with Gasteiger partial charge in [-0.2, -0.15) is 0 Å². The number of benzene rings is 2. The van der Waals surface area contributed by atoms with Gasteiger partial charge in [-0.25, -0.2) is 0 Å². The Balaban J connectivity index is 1.79. The zero-order chi connectivity index (χ0) is 16.7. The average molecular weight is 329 g/mol. The van der Waals surface area contributed by atoms with E-state index in [-0.39, 0.29) is 5.91 Å². The molecular formula is C19H25N2OS+. The predicted octanol–water partition coefficient (Wildman–Crippen LogP) is 2.05.